The van der Waals surface area contributed by atoms with Crippen LogP contribution in [0.4, 0.5) is 5.13 Å². The van der Waals surface area contributed by atoms with Gasteiger partial charge in [-0.1, -0.05) is 0 Å². The molecule has 2 heterocycles. The third-order valence-corrected chi connectivity index (χ3v) is 3.29. The van der Waals surface area contributed by atoms with Gasteiger partial charge in [0.1, 0.15) is 6.04 Å². The molecule has 18 heavy (non-hydrogen) atoms. The van der Waals surface area contributed by atoms with Gasteiger partial charge in [-0.2, -0.15) is 0 Å². The lowest BCUT2D eigenvalue weighted by Gasteiger charge is -2.22. The molecule has 7 nitrogen and oxygen atoms in total. The lowest BCUT2D eigenvalue weighted by Crippen LogP contribution is -2.34. The smallest absolute Gasteiger partial charge is 0.326 e. The molecule has 0 radical (unpaired) electrons. The molecule has 1 saturated heterocycles. The van der Waals surface area contributed by atoms with Gasteiger partial charge >= 0.3 is 5.97 Å². The van der Waals surface area contributed by atoms with Crippen molar-refractivity contribution in [2.75, 3.05) is 31.7 Å². The number of nitrogens with one attached hydrogen (secondary N) is 1. The van der Waals surface area contributed by atoms with Gasteiger partial charge in [0.05, 0.1) is 31.6 Å². The van der Waals surface area contributed by atoms with E-state index < -0.39 is 12.0 Å². The second-order valence-corrected chi connectivity index (χ2v) is 4.70. The molecule has 0 aliphatic carbocycles. The number of aliphatic carboxylic acids is 1. The molecule has 4 N–H and O–H groups in total. The van der Waals surface area contributed by atoms with Crippen LogP contribution < -0.4 is 11.1 Å². The normalized spacial score (nSPS) is 21.5. The topological polar surface area (TPSA) is 107 Å². The number of hydrogen-bond donors (Lipinski definition) is 3. The number of thiazole rings is 1. The van der Waals surface area contributed by atoms with Crippen molar-refractivity contribution in [1.82, 2.24) is 4.98 Å². The molecule has 2 unspecified atom stereocenters. The van der Waals surface area contributed by atoms with Crippen LogP contribution in [0.1, 0.15) is 11.7 Å². The third kappa shape index (κ3) is 3.39. The predicted molar refractivity (Wildman–Crippen MR) is 65.7 cm³/mol. The summed E-state index contributed by atoms with van der Waals surface area (Å²) < 4.78 is 10.7. The highest BCUT2D eigenvalue weighted by Gasteiger charge is 2.18. The number of carboxylic acid groups (broad SMARTS) is 1. The molecule has 0 spiro atoms. The Bertz CT molecular complexity index is 406. The highest BCUT2D eigenvalue weighted by Crippen LogP contribution is 2.19. The van der Waals surface area contributed by atoms with Crippen molar-refractivity contribution < 1.29 is 19.4 Å². The van der Waals surface area contributed by atoms with Crippen molar-refractivity contribution >= 4 is 22.4 Å². The number of anilines is 1. The minimum Gasteiger partial charge on any atom is -0.480 e. The highest BCUT2D eigenvalue weighted by atomic mass is 32.1. The number of hydrogen-bond acceptors (Lipinski definition) is 7. The average molecular weight is 273 g/mol. The average Bonchev–Trinajstić information content (AvgIpc) is 2.85. The van der Waals surface area contributed by atoms with E-state index in [0.717, 1.165) is 0 Å². The zero-order valence-electron chi connectivity index (χ0n) is 9.67. The van der Waals surface area contributed by atoms with Gasteiger partial charge < -0.3 is 25.6 Å². The number of nitrogens with two attached hydrogens (primary N) is 1. The maximum atomic E-state index is 10.7. The van der Waals surface area contributed by atoms with E-state index in [9.17, 15) is 4.79 Å². The number of aromatic nitrogens is 1. The Morgan fingerprint density at radius 3 is 3.22 bits per heavy atom. The van der Waals surface area contributed by atoms with E-state index >= 15 is 0 Å². The first kappa shape index (κ1) is 13.2. The van der Waals surface area contributed by atoms with Crippen molar-refractivity contribution in [3.8, 4) is 0 Å². The Balaban J connectivity index is 1.84. The fourth-order valence-electron chi connectivity index (χ4n) is 1.49. The van der Waals surface area contributed by atoms with E-state index in [1.54, 1.807) is 5.38 Å². The van der Waals surface area contributed by atoms with Crippen LogP contribution in [0.2, 0.25) is 0 Å². The van der Waals surface area contributed by atoms with Crippen molar-refractivity contribution in [2.24, 2.45) is 5.73 Å². The molecular formula is C10H15N3O4S. The summed E-state index contributed by atoms with van der Waals surface area (Å²) in [6, 6.07) is -1.08. The van der Waals surface area contributed by atoms with Gasteiger partial charge in [-0.3, -0.25) is 4.79 Å². The number of ether oxygens (including phenoxy) is 2. The van der Waals surface area contributed by atoms with Gasteiger partial charge in [0.25, 0.3) is 0 Å². The molecular weight excluding hydrogens is 258 g/mol. The van der Waals surface area contributed by atoms with Gasteiger partial charge in [-0.05, 0) is 0 Å². The standard InChI is InChI=1S/C10H15N3O4S/c11-8(9(14)15)7-5-18-10(13-7)12-3-6-4-16-1-2-17-6/h5-6,8H,1-4,11H2,(H,12,13)(H,14,15). The maximum absolute atomic E-state index is 10.7. The molecule has 0 amide bonds. The van der Waals surface area contributed by atoms with Crippen LogP contribution in [0.15, 0.2) is 5.38 Å². The minimum absolute atomic E-state index is 0.000697. The Morgan fingerprint density at radius 2 is 2.56 bits per heavy atom. The van der Waals surface area contributed by atoms with E-state index in [2.05, 4.69) is 10.3 Å². The zero-order valence-corrected chi connectivity index (χ0v) is 10.5. The summed E-state index contributed by atoms with van der Waals surface area (Å²) in [5, 5.41) is 14.1. The molecule has 1 aromatic heterocycles. The zero-order chi connectivity index (χ0) is 13.0. The van der Waals surface area contributed by atoms with Crippen molar-refractivity contribution in [1.29, 1.82) is 0 Å². The van der Waals surface area contributed by atoms with Crippen LogP contribution in [-0.2, 0) is 14.3 Å². The summed E-state index contributed by atoms with van der Waals surface area (Å²) in [7, 11) is 0. The third-order valence-electron chi connectivity index (χ3n) is 2.47. The van der Waals surface area contributed by atoms with E-state index in [0.29, 0.717) is 37.2 Å². The molecule has 2 rings (SSSR count). The SMILES string of the molecule is NC(C(=O)O)c1csc(NCC2COCCO2)n1. The quantitative estimate of drug-likeness (QED) is 0.696. The largest absolute Gasteiger partial charge is 0.480 e. The van der Waals surface area contributed by atoms with Gasteiger partial charge in [0.2, 0.25) is 0 Å². The summed E-state index contributed by atoms with van der Waals surface area (Å²) in [4.78, 5) is 14.8. The first-order chi connectivity index (χ1) is 8.66. The molecule has 100 valence electrons. The van der Waals surface area contributed by atoms with Crippen LogP contribution in [0.25, 0.3) is 0 Å². The van der Waals surface area contributed by atoms with Crippen molar-refractivity contribution in [2.45, 2.75) is 12.1 Å². The van der Waals surface area contributed by atoms with Crippen LogP contribution in [-0.4, -0.2) is 48.5 Å². The lowest BCUT2D eigenvalue weighted by atomic mass is 10.2. The Kier molecular flexibility index (Phi) is 4.48. The van der Waals surface area contributed by atoms with E-state index in [4.69, 9.17) is 20.3 Å². The second kappa shape index (κ2) is 6.10. The molecule has 0 saturated carbocycles. The first-order valence-corrected chi connectivity index (χ1v) is 6.42. The fourth-order valence-corrected chi connectivity index (χ4v) is 2.25. The summed E-state index contributed by atoms with van der Waals surface area (Å²) in [5.41, 5.74) is 5.82. The first-order valence-electron chi connectivity index (χ1n) is 5.54. The molecule has 1 aliphatic heterocycles. The predicted octanol–water partition coefficient (Wildman–Crippen LogP) is 0.0548. The monoisotopic (exact) mass is 273 g/mol. The maximum Gasteiger partial charge on any atom is 0.326 e. The highest BCUT2D eigenvalue weighted by molar-refractivity contribution is 7.13. The van der Waals surface area contributed by atoms with E-state index in [1.807, 2.05) is 0 Å². The van der Waals surface area contributed by atoms with Crippen LogP contribution >= 0.6 is 11.3 Å². The molecule has 1 fully saturated rings. The lowest BCUT2D eigenvalue weighted by molar-refractivity contribution is -0.138. The minimum atomic E-state index is -1.09. The van der Waals surface area contributed by atoms with Crippen LogP contribution in [0.3, 0.4) is 0 Å². The number of carbonyl (C=O) groups is 1. The molecule has 0 bridgehead atoms. The van der Waals surface area contributed by atoms with Crippen LogP contribution in [0, 0.1) is 0 Å². The Labute approximate surface area is 108 Å². The number of nitrogens with zero attached hydrogens (tertiary/aromatic N) is 1. The second-order valence-electron chi connectivity index (χ2n) is 3.84. The van der Waals surface area contributed by atoms with Crippen molar-refractivity contribution in [3.63, 3.8) is 0 Å². The summed E-state index contributed by atoms with van der Waals surface area (Å²) in [5.74, 6) is -1.09. The number of carboxylic acids is 1. The molecule has 8 heteroatoms. The molecule has 1 aliphatic rings. The van der Waals surface area contributed by atoms with Crippen LogP contribution in [0.5, 0.6) is 0 Å². The Morgan fingerprint density at radius 1 is 1.72 bits per heavy atom. The summed E-state index contributed by atoms with van der Waals surface area (Å²) in [6.07, 6.45) is -0.000697. The number of rotatable bonds is 5. The van der Waals surface area contributed by atoms with Gasteiger partial charge in [-0.15, -0.1) is 11.3 Å². The van der Waals surface area contributed by atoms with Gasteiger partial charge in [0, 0.05) is 11.9 Å². The van der Waals surface area contributed by atoms with Gasteiger partial charge in [-0.25, -0.2) is 4.98 Å². The fraction of sp³-hybridized carbons (Fsp3) is 0.600. The molecule has 2 atom stereocenters. The molecule has 1 aromatic rings. The summed E-state index contributed by atoms with van der Waals surface area (Å²) >= 11 is 1.32. The van der Waals surface area contributed by atoms with E-state index in [1.165, 1.54) is 11.3 Å². The van der Waals surface area contributed by atoms with E-state index in [-0.39, 0.29) is 6.10 Å². The van der Waals surface area contributed by atoms with Gasteiger partial charge in [0.15, 0.2) is 5.13 Å². The Hall–Kier alpha value is -1.22. The van der Waals surface area contributed by atoms with Crippen molar-refractivity contribution in [3.05, 3.63) is 11.1 Å². The summed E-state index contributed by atoms with van der Waals surface area (Å²) in [6.45, 7) is 2.36. The molecule has 0 aromatic carbocycles.